The van der Waals surface area contributed by atoms with E-state index < -0.39 is 169 Å². The summed E-state index contributed by atoms with van der Waals surface area (Å²) < 4.78 is 0. The first kappa shape index (κ1) is 81.2. The number of ketones is 1. The average Bonchev–Trinajstić information content (AvgIpc) is 1.73. The number of hydrogen-bond donors (Lipinski definition) is 17. The van der Waals surface area contributed by atoms with Gasteiger partial charge in [-0.2, -0.15) is 0 Å². The van der Waals surface area contributed by atoms with Crippen LogP contribution in [0.5, 0.6) is 5.75 Å². The van der Waals surface area contributed by atoms with Gasteiger partial charge in [-0.15, -0.1) is 0 Å². The SMILES string of the molecule is C[C@@H](O)C1NC(=O)[C@@H](CCCCN)NC(=O)[C@H](Cc2c[nH]c3ccccc23)NCC(=O)C(Cc2ccc(O)cc2)NC(=O)[C@@H](NC(=O)[C@H](Cc2ccccc2)NC(=O)CN2CCN(CC(=O)O)CCN(CC(=O)O)CCN(CC(=O)O)CC2)CSSC[C@@H](C(=O)N[C@H](C(=O)O)[C@@H](C)O)NC1=O. The van der Waals surface area contributed by atoms with E-state index >= 15 is 9.59 Å². The predicted molar refractivity (Wildman–Crippen MR) is 372 cm³/mol. The van der Waals surface area contributed by atoms with Crippen LogP contribution < -0.4 is 48.3 Å². The summed E-state index contributed by atoms with van der Waals surface area (Å²) >= 11 is 0. The Labute approximate surface area is 590 Å². The van der Waals surface area contributed by atoms with Crippen molar-refractivity contribution >= 4 is 104 Å². The van der Waals surface area contributed by atoms with Crippen LogP contribution in [0.1, 0.15) is 49.8 Å². The molecule has 35 heteroatoms. The lowest BCUT2D eigenvalue weighted by Gasteiger charge is -2.33. The number of carboxylic acids is 4. The number of Topliss-reactive ketones (excluding diaryl/α,β-unsaturated/α-hetero) is 1. The Morgan fingerprint density at radius 2 is 1.16 bits per heavy atom. The zero-order valence-corrected chi connectivity index (χ0v) is 57.8. The second kappa shape index (κ2) is 41.2. The number of aliphatic carboxylic acids is 4. The first-order valence-electron chi connectivity index (χ1n) is 33.0. The Bertz CT molecular complexity index is 3430. The molecule has 10 atom stereocenters. The second-order valence-electron chi connectivity index (χ2n) is 24.8. The number of aromatic hydroxyl groups is 1. The van der Waals surface area contributed by atoms with Gasteiger partial charge < -0.3 is 83.7 Å². The zero-order chi connectivity index (χ0) is 73.7. The van der Waals surface area contributed by atoms with Crippen molar-refractivity contribution in [3.63, 3.8) is 0 Å². The van der Waals surface area contributed by atoms with Crippen LogP contribution in [0.4, 0.5) is 0 Å². The van der Waals surface area contributed by atoms with Gasteiger partial charge in [0.25, 0.3) is 0 Å². The Morgan fingerprint density at radius 1 is 0.604 bits per heavy atom. The molecule has 0 bridgehead atoms. The molecule has 0 aliphatic carbocycles. The molecule has 3 aromatic carbocycles. The van der Waals surface area contributed by atoms with Crippen molar-refractivity contribution in [2.45, 2.75) is 113 Å². The fraction of sp³-hybridized carbons (Fsp3) is 0.515. The van der Waals surface area contributed by atoms with Gasteiger partial charge in [-0.3, -0.25) is 77.7 Å². The molecule has 7 amide bonds. The molecule has 101 heavy (non-hydrogen) atoms. The van der Waals surface area contributed by atoms with Crippen molar-refractivity contribution in [2.24, 2.45) is 5.73 Å². The molecule has 0 spiro atoms. The number of nitrogens with one attached hydrogen (secondary N) is 9. The van der Waals surface area contributed by atoms with Gasteiger partial charge in [-0.25, -0.2) is 4.79 Å². The monoisotopic (exact) mass is 1450 g/mol. The van der Waals surface area contributed by atoms with E-state index in [0.717, 1.165) is 33.9 Å². The van der Waals surface area contributed by atoms with Crippen LogP contribution in [0.15, 0.2) is 85.1 Å². The van der Waals surface area contributed by atoms with E-state index in [-0.39, 0.29) is 103 Å². The summed E-state index contributed by atoms with van der Waals surface area (Å²) in [4.78, 5) is 175. The fourth-order valence-electron chi connectivity index (χ4n) is 11.3. The van der Waals surface area contributed by atoms with Crippen LogP contribution in [-0.4, -0.2) is 295 Å². The van der Waals surface area contributed by atoms with Crippen LogP contribution in [0, 0.1) is 0 Å². The number of aliphatic hydroxyl groups excluding tert-OH is 2. The minimum Gasteiger partial charge on any atom is -0.508 e. The molecule has 2 aliphatic heterocycles. The maximum atomic E-state index is 15.2. The van der Waals surface area contributed by atoms with Gasteiger partial charge in [-0.1, -0.05) is 82.3 Å². The van der Waals surface area contributed by atoms with Crippen LogP contribution in [0.25, 0.3) is 10.9 Å². The lowest BCUT2D eigenvalue weighted by molar-refractivity contribution is -0.145. The lowest BCUT2D eigenvalue weighted by atomic mass is 10.00. The number of phenols is 1. The number of carbonyl (C=O) groups is 12. The number of fused-ring (bicyclic) bond motifs is 1. The second-order valence-corrected chi connectivity index (χ2v) is 27.4. The molecule has 552 valence electrons. The number of carboxylic acid groups (broad SMARTS) is 4. The number of benzene rings is 3. The van der Waals surface area contributed by atoms with Gasteiger partial charge in [0.2, 0.25) is 41.4 Å². The van der Waals surface area contributed by atoms with E-state index in [9.17, 15) is 83.7 Å². The molecular formula is C66H92N14O19S2. The number of nitrogens with two attached hydrogens (primary N) is 1. The highest BCUT2D eigenvalue weighted by Crippen LogP contribution is 2.25. The van der Waals surface area contributed by atoms with Crippen molar-refractivity contribution in [3.8, 4) is 5.75 Å². The van der Waals surface area contributed by atoms with Gasteiger partial charge in [0.15, 0.2) is 11.8 Å². The number of carbonyl (C=O) groups excluding carboxylic acids is 8. The van der Waals surface area contributed by atoms with Crippen molar-refractivity contribution in [3.05, 3.63) is 102 Å². The van der Waals surface area contributed by atoms with Crippen LogP contribution in [0.3, 0.4) is 0 Å². The number of rotatable bonds is 26. The van der Waals surface area contributed by atoms with Gasteiger partial charge in [-0.05, 0) is 87.4 Å². The minimum absolute atomic E-state index is 0.0416. The standard InChI is InChI=1S/C66H92N14O19S2/c1-39(81)58-65(97)74-52(64(96)76-59(40(2)82)66(98)99)38-101-100-37-51(73-62(94)50(29-41-10-4-3-5-11-41)70-54(85)33-77-20-22-78(34-55(86)87)24-26-80(36-57(90)91)27-25-79(23-21-77)35-56(88)89)63(95)72-48(28-42-15-17-44(83)18-16-42)53(84)32-69-49(30-43-31-68-46-13-7-6-12-45(43)46)61(93)71-47(60(92)75-58)14-8-9-19-67/h3-7,10-13,15-18,31,39-40,47-52,58-59,68-69,81-83H,8-9,14,19-30,32-38,67H2,1-2H3,(H,70,85)(H,71,93)(H,72,95)(H,73,94)(H,74,97)(H,75,92)(H,76,96)(H,86,87)(H,88,89)(H,90,91)(H,98,99)/t39-,40-,47-,48?,49+,50+,51+,52+,58?,59+/m1/s1. The van der Waals surface area contributed by atoms with E-state index in [2.05, 4.69) is 47.5 Å². The van der Waals surface area contributed by atoms with Crippen LogP contribution >= 0.6 is 21.6 Å². The van der Waals surface area contributed by atoms with Crippen molar-refractivity contribution < 1.29 is 93.3 Å². The van der Waals surface area contributed by atoms with E-state index in [1.807, 2.05) is 12.1 Å². The maximum Gasteiger partial charge on any atom is 0.328 e. The Hall–Kier alpha value is -8.78. The third kappa shape index (κ3) is 27.6. The number of aromatic amines is 1. The van der Waals surface area contributed by atoms with E-state index in [0.29, 0.717) is 28.6 Å². The van der Waals surface area contributed by atoms with Gasteiger partial charge in [0, 0.05) is 87.4 Å². The summed E-state index contributed by atoms with van der Waals surface area (Å²) in [6.07, 6.45) is -1.54. The van der Waals surface area contributed by atoms with Crippen molar-refractivity contribution in [2.75, 3.05) is 103 Å². The molecular weight excluding hydrogens is 1360 g/mol. The Balaban J connectivity index is 1.40. The summed E-state index contributed by atoms with van der Waals surface area (Å²) in [5.74, 6) is -13.5. The number of aromatic nitrogens is 1. The highest BCUT2D eigenvalue weighted by atomic mass is 33.1. The lowest BCUT2D eigenvalue weighted by Crippen LogP contribution is -2.62. The van der Waals surface area contributed by atoms with E-state index in [4.69, 9.17) is 5.73 Å². The highest BCUT2D eigenvalue weighted by Gasteiger charge is 2.37. The molecule has 2 aliphatic rings. The number of amides is 7. The summed E-state index contributed by atoms with van der Waals surface area (Å²) in [7, 11) is 1.68. The normalized spacial score (nSPS) is 22.0. The molecule has 4 aromatic rings. The van der Waals surface area contributed by atoms with Crippen LogP contribution in [0.2, 0.25) is 0 Å². The Kier molecular flexibility index (Phi) is 33.1. The first-order chi connectivity index (χ1) is 48.2. The predicted octanol–water partition coefficient (Wildman–Crippen LogP) is -3.33. The number of hydrogen-bond acceptors (Lipinski definition) is 23. The molecule has 2 unspecified atom stereocenters. The minimum atomic E-state index is -1.91. The van der Waals surface area contributed by atoms with Gasteiger partial charge in [0.05, 0.1) is 57.0 Å². The third-order valence-electron chi connectivity index (χ3n) is 16.8. The Morgan fingerprint density at radius 3 is 1.72 bits per heavy atom. The molecule has 6 rings (SSSR count). The number of H-pyrrole nitrogens is 1. The van der Waals surface area contributed by atoms with Crippen molar-refractivity contribution in [1.29, 1.82) is 0 Å². The summed E-state index contributed by atoms with van der Waals surface area (Å²) in [5.41, 5.74) is 8.14. The molecule has 3 heterocycles. The molecule has 0 radical (unpaired) electrons. The molecule has 2 saturated heterocycles. The number of nitrogens with zero attached hydrogens (tertiary/aromatic N) is 4. The van der Waals surface area contributed by atoms with Gasteiger partial charge in [0.1, 0.15) is 36.0 Å². The molecule has 18 N–H and O–H groups in total. The number of phenolic OH excluding ortho intramolecular Hbond substituents is 1. The number of para-hydroxylation sites is 1. The smallest absolute Gasteiger partial charge is 0.328 e. The molecule has 2 fully saturated rings. The molecule has 33 nitrogen and oxygen atoms in total. The number of aliphatic hydroxyl groups is 2. The van der Waals surface area contributed by atoms with Crippen molar-refractivity contribution in [1.82, 2.24) is 67.1 Å². The largest absolute Gasteiger partial charge is 0.508 e. The highest BCUT2D eigenvalue weighted by molar-refractivity contribution is 8.76. The maximum absolute atomic E-state index is 15.2. The fourth-order valence-corrected chi connectivity index (χ4v) is 13.6. The van der Waals surface area contributed by atoms with E-state index in [1.54, 1.807) is 68.3 Å². The first-order valence-corrected chi connectivity index (χ1v) is 35.5. The molecule has 1 aromatic heterocycles. The van der Waals surface area contributed by atoms with Crippen LogP contribution in [-0.2, 0) is 76.8 Å². The summed E-state index contributed by atoms with van der Waals surface area (Å²) in [5, 5.41) is 92.9. The van der Waals surface area contributed by atoms with E-state index in [1.165, 1.54) is 31.2 Å². The quantitative estimate of drug-likeness (QED) is 0.0216. The third-order valence-corrected chi connectivity index (χ3v) is 19.3. The zero-order valence-electron chi connectivity index (χ0n) is 56.1. The average molecular weight is 1450 g/mol. The van der Waals surface area contributed by atoms with Gasteiger partial charge >= 0.3 is 23.9 Å². The topological polar surface area (TPSA) is 497 Å². The molecule has 0 saturated carbocycles. The summed E-state index contributed by atoms with van der Waals surface area (Å²) in [6.45, 7) is 0.848. The summed E-state index contributed by atoms with van der Waals surface area (Å²) in [6, 6.07) is 8.64. The number of unbranched alkanes of at least 4 members (excludes halogenated alkanes) is 1.